The van der Waals surface area contributed by atoms with Crippen LogP contribution in [0.2, 0.25) is 0 Å². The molecule has 1 aromatic heterocycles. The Kier molecular flexibility index (Phi) is 11.1. The van der Waals surface area contributed by atoms with Crippen LogP contribution in [-0.4, -0.2) is 21.6 Å². The van der Waals surface area contributed by atoms with E-state index >= 15 is 0 Å². The Morgan fingerprint density at radius 3 is 2.45 bits per heavy atom. The lowest BCUT2D eigenvalue weighted by Gasteiger charge is -2.44. The first-order valence-electron chi connectivity index (χ1n) is 12.8. The van der Waals surface area contributed by atoms with Gasteiger partial charge in [-0.3, -0.25) is 4.79 Å². The quantitative estimate of drug-likeness (QED) is 0.206. The number of unbranched alkanes of at least 4 members (excludes halogenated alkanes) is 2. The van der Waals surface area contributed by atoms with Gasteiger partial charge in [-0.15, -0.1) is 0 Å². The second-order valence-electron chi connectivity index (χ2n) is 9.47. The summed E-state index contributed by atoms with van der Waals surface area (Å²) in [6.45, 7) is 10.8. The molecule has 0 fully saturated rings. The Morgan fingerprint density at radius 1 is 1.12 bits per heavy atom. The largest absolute Gasteiger partial charge is 0.463 e. The second-order valence-corrected chi connectivity index (χ2v) is 9.47. The van der Waals surface area contributed by atoms with Crippen LogP contribution in [0.4, 0.5) is 4.39 Å². The summed E-state index contributed by atoms with van der Waals surface area (Å²) in [6.07, 6.45) is 12.7. The number of nitrogens with zero attached hydrogens (tertiary/aromatic N) is 2. The van der Waals surface area contributed by atoms with Crippen LogP contribution in [0, 0.1) is 18.7 Å². The third-order valence-electron chi connectivity index (χ3n) is 6.89. The molecule has 1 aromatic carbocycles. The number of carbonyl (C=O) groups is 1. The van der Waals surface area contributed by atoms with Crippen molar-refractivity contribution >= 4 is 5.97 Å². The standard InChI is InChI=1S/C28H43FN2O2/c1-6-9-10-14-24(12-7-2)28(21-31-18-17-30-22(31)4,25-15-11-16-26(29)19-25)20-27(13-8-3)33-23(5)32/h11,15-19,24,27H,6-10,12-14,20-21H2,1-5H3. The molecule has 0 saturated carbocycles. The number of carbonyl (C=O) groups excluding carboxylic acids is 1. The topological polar surface area (TPSA) is 44.1 Å². The van der Waals surface area contributed by atoms with Gasteiger partial charge < -0.3 is 9.30 Å². The minimum Gasteiger partial charge on any atom is -0.463 e. The van der Waals surface area contributed by atoms with Crippen molar-refractivity contribution in [2.45, 2.75) is 110 Å². The Morgan fingerprint density at radius 2 is 1.88 bits per heavy atom. The first kappa shape index (κ1) is 27.1. The fourth-order valence-corrected chi connectivity index (χ4v) is 5.33. The lowest BCUT2D eigenvalue weighted by Crippen LogP contribution is -2.43. The van der Waals surface area contributed by atoms with Crippen LogP contribution < -0.4 is 0 Å². The van der Waals surface area contributed by atoms with Gasteiger partial charge in [0.25, 0.3) is 0 Å². The molecule has 0 aliphatic rings. The summed E-state index contributed by atoms with van der Waals surface area (Å²) in [5.74, 6) is 0.813. The maximum atomic E-state index is 14.6. The average Bonchev–Trinajstić information content (AvgIpc) is 3.16. The van der Waals surface area contributed by atoms with Gasteiger partial charge in [-0.25, -0.2) is 9.37 Å². The van der Waals surface area contributed by atoms with E-state index in [4.69, 9.17) is 4.74 Å². The number of esters is 1. The number of imidazole rings is 1. The maximum Gasteiger partial charge on any atom is 0.302 e. The molecular formula is C28H43FN2O2. The number of hydrogen-bond acceptors (Lipinski definition) is 3. The number of rotatable bonds is 15. The fourth-order valence-electron chi connectivity index (χ4n) is 5.33. The van der Waals surface area contributed by atoms with Crippen molar-refractivity contribution in [2.75, 3.05) is 0 Å². The Labute approximate surface area is 200 Å². The molecule has 3 unspecified atom stereocenters. The molecule has 2 rings (SSSR count). The van der Waals surface area contributed by atoms with Gasteiger partial charge in [0.15, 0.2) is 0 Å². The van der Waals surface area contributed by atoms with E-state index in [-0.39, 0.29) is 23.3 Å². The molecule has 4 nitrogen and oxygen atoms in total. The molecule has 0 N–H and O–H groups in total. The van der Waals surface area contributed by atoms with E-state index in [0.29, 0.717) is 18.9 Å². The zero-order valence-electron chi connectivity index (χ0n) is 21.3. The molecular weight excluding hydrogens is 415 g/mol. The third kappa shape index (κ3) is 7.68. The van der Waals surface area contributed by atoms with Crippen molar-refractivity contribution in [3.8, 4) is 0 Å². The minimum absolute atomic E-state index is 0.204. The Balaban J connectivity index is 2.66. The summed E-state index contributed by atoms with van der Waals surface area (Å²) >= 11 is 0. The molecule has 2 aromatic rings. The number of aromatic nitrogens is 2. The van der Waals surface area contributed by atoms with Gasteiger partial charge >= 0.3 is 5.97 Å². The lowest BCUT2D eigenvalue weighted by molar-refractivity contribution is -0.148. The van der Waals surface area contributed by atoms with Crippen molar-refractivity contribution in [2.24, 2.45) is 5.92 Å². The van der Waals surface area contributed by atoms with Crippen molar-refractivity contribution in [1.82, 2.24) is 9.55 Å². The summed E-state index contributed by atoms with van der Waals surface area (Å²) in [5.41, 5.74) is 0.630. The predicted octanol–water partition coefficient (Wildman–Crippen LogP) is 7.39. The van der Waals surface area contributed by atoms with Gasteiger partial charge in [0.1, 0.15) is 17.7 Å². The average molecular weight is 459 g/mol. The molecule has 0 aliphatic heterocycles. The summed E-state index contributed by atoms with van der Waals surface area (Å²) in [5, 5.41) is 0. The molecule has 0 saturated heterocycles. The van der Waals surface area contributed by atoms with Crippen molar-refractivity contribution < 1.29 is 13.9 Å². The highest BCUT2D eigenvalue weighted by Gasteiger charge is 2.43. The number of aryl methyl sites for hydroxylation is 1. The predicted molar refractivity (Wildman–Crippen MR) is 133 cm³/mol. The van der Waals surface area contributed by atoms with E-state index in [1.54, 1.807) is 6.07 Å². The lowest BCUT2D eigenvalue weighted by atomic mass is 9.63. The van der Waals surface area contributed by atoms with Gasteiger partial charge in [-0.05, 0) is 56.2 Å². The molecule has 0 radical (unpaired) electrons. The highest BCUT2D eigenvalue weighted by Crippen LogP contribution is 2.45. The van der Waals surface area contributed by atoms with Crippen LogP contribution in [0.5, 0.6) is 0 Å². The highest BCUT2D eigenvalue weighted by molar-refractivity contribution is 5.66. The number of benzene rings is 1. The van der Waals surface area contributed by atoms with Crippen molar-refractivity contribution in [3.63, 3.8) is 0 Å². The van der Waals surface area contributed by atoms with Gasteiger partial charge in [-0.1, -0.05) is 65.0 Å². The second kappa shape index (κ2) is 13.5. The highest BCUT2D eigenvalue weighted by atomic mass is 19.1. The van der Waals surface area contributed by atoms with Crippen molar-refractivity contribution in [1.29, 1.82) is 0 Å². The molecule has 33 heavy (non-hydrogen) atoms. The van der Waals surface area contributed by atoms with E-state index in [1.807, 2.05) is 25.4 Å². The van der Waals surface area contributed by atoms with Gasteiger partial charge in [0.2, 0.25) is 0 Å². The molecule has 0 aliphatic carbocycles. The first-order valence-corrected chi connectivity index (χ1v) is 12.8. The van der Waals surface area contributed by atoms with Gasteiger partial charge in [-0.2, -0.15) is 0 Å². The number of ether oxygens (including phenoxy) is 1. The SMILES string of the molecule is CCCCCC(CCC)C(CC(CCC)OC(C)=O)(Cn1ccnc1C)c1cccc(F)c1. The molecule has 1 heterocycles. The van der Waals surface area contributed by atoms with E-state index in [1.165, 1.54) is 25.8 Å². The van der Waals surface area contributed by atoms with Crippen LogP contribution in [0.3, 0.4) is 0 Å². The van der Waals surface area contributed by atoms with Crippen LogP contribution >= 0.6 is 0 Å². The van der Waals surface area contributed by atoms with E-state index < -0.39 is 0 Å². The summed E-state index contributed by atoms with van der Waals surface area (Å²) in [4.78, 5) is 16.4. The zero-order valence-corrected chi connectivity index (χ0v) is 21.3. The minimum atomic E-state index is -0.368. The fraction of sp³-hybridized carbons (Fsp3) is 0.643. The van der Waals surface area contributed by atoms with Crippen molar-refractivity contribution in [3.05, 3.63) is 53.9 Å². The maximum absolute atomic E-state index is 14.6. The smallest absolute Gasteiger partial charge is 0.302 e. The Hall–Kier alpha value is -2.17. The van der Waals surface area contributed by atoms with E-state index in [2.05, 4.69) is 36.4 Å². The normalized spacial score (nSPS) is 15.1. The molecule has 0 amide bonds. The molecule has 3 atom stereocenters. The number of halogens is 1. The first-order chi connectivity index (χ1) is 15.9. The summed E-state index contributed by atoms with van der Waals surface area (Å²) in [6, 6.07) is 7.09. The third-order valence-corrected chi connectivity index (χ3v) is 6.89. The van der Waals surface area contributed by atoms with Gasteiger partial charge in [0.05, 0.1) is 0 Å². The van der Waals surface area contributed by atoms with E-state index in [9.17, 15) is 9.18 Å². The Bertz CT molecular complexity index is 850. The van der Waals surface area contributed by atoms with Crippen LogP contribution in [0.15, 0.2) is 36.7 Å². The molecule has 0 spiro atoms. The van der Waals surface area contributed by atoms with E-state index in [0.717, 1.165) is 49.9 Å². The summed E-state index contributed by atoms with van der Waals surface area (Å²) in [7, 11) is 0. The molecule has 0 bridgehead atoms. The van der Waals surface area contributed by atoms with Crippen LogP contribution in [-0.2, 0) is 21.5 Å². The van der Waals surface area contributed by atoms with Crippen LogP contribution in [0.25, 0.3) is 0 Å². The van der Waals surface area contributed by atoms with Crippen LogP contribution in [0.1, 0.15) is 96.9 Å². The zero-order chi connectivity index (χ0) is 24.3. The monoisotopic (exact) mass is 458 g/mol. The molecule has 184 valence electrons. The van der Waals surface area contributed by atoms with Gasteiger partial charge in [0, 0.05) is 31.3 Å². The molecule has 5 heteroatoms. The number of hydrogen-bond donors (Lipinski definition) is 0. The summed E-state index contributed by atoms with van der Waals surface area (Å²) < 4.78 is 22.6.